The Hall–Kier alpha value is -3.51. The molecular weight excluding hydrogens is 559 g/mol. The van der Waals surface area contributed by atoms with Crippen molar-refractivity contribution in [1.29, 1.82) is 0 Å². The Morgan fingerprint density at radius 3 is 2.49 bits per heavy atom. The lowest BCUT2D eigenvalue weighted by molar-refractivity contribution is -0.138. The summed E-state index contributed by atoms with van der Waals surface area (Å²) < 4.78 is 68.6. The Morgan fingerprint density at radius 2 is 1.85 bits per heavy atom. The summed E-state index contributed by atoms with van der Waals surface area (Å²) in [6, 6.07) is 6.65. The summed E-state index contributed by atoms with van der Waals surface area (Å²) in [6.45, 7) is 2.71. The first-order chi connectivity index (χ1) is 19.5. The van der Waals surface area contributed by atoms with E-state index < -0.39 is 24.2 Å². The summed E-state index contributed by atoms with van der Waals surface area (Å²) in [7, 11) is 4.38. The standard InChI is InChI=1S/C21H16F5N5S.C8H17N/c1-12(13-2-5-19-14(6-13)9-29-20(27)30-19)18(23)4-3-16(8-22)31-32-17-7-15(10-28-11-17)21(24,25)26;1-9(2)8-6-4-3-5-7-8/h2-7,9-11,31H,1,8H2,(H2,27,29,30);8H,3-7H2,1-2H3/b16-3+,18-4+;. The summed E-state index contributed by atoms with van der Waals surface area (Å²) in [5.41, 5.74) is 5.65. The van der Waals surface area contributed by atoms with E-state index in [0.29, 0.717) is 22.7 Å². The highest BCUT2D eigenvalue weighted by molar-refractivity contribution is 7.97. The molecule has 0 amide bonds. The molecule has 1 aliphatic carbocycles. The van der Waals surface area contributed by atoms with Gasteiger partial charge in [0.05, 0.1) is 16.8 Å². The van der Waals surface area contributed by atoms with Gasteiger partial charge >= 0.3 is 6.18 Å². The van der Waals surface area contributed by atoms with E-state index in [9.17, 15) is 22.0 Å². The van der Waals surface area contributed by atoms with Crippen LogP contribution in [-0.2, 0) is 6.18 Å². The first kappa shape index (κ1) is 32.0. The largest absolute Gasteiger partial charge is 0.417 e. The number of rotatable bonds is 8. The van der Waals surface area contributed by atoms with Crippen molar-refractivity contribution in [2.75, 3.05) is 26.5 Å². The quantitative estimate of drug-likeness (QED) is 0.159. The van der Waals surface area contributed by atoms with Crippen LogP contribution in [0.25, 0.3) is 16.5 Å². The van der Waals surface area contributed by atoms with Crippen LogP contribution in [0.4, 0.5) is 27.9 Å². The summed E-state index contributed by atoms with van der Waals surface area (Å²) in [5.74, 6) is -0.607. The van der Waals surface area contributed by atoms with E-state index in [2.05, 4.69) is 45.2 Å². The Labute approximate surface area is 240 Å². The molecule has 3 N–H and O–H groups in total. The maximum absolute atomic E-state index is 14.6. The van der Waals surface area contributed by atoms with Gasteiger partial charge in [0.2, 0.25) is 5.95 Å². The zero-order valence-electron chi connectivity index (χ0n) is 22.9. The topological polar surface area (TPSA) is 80.0 Å². The molecule has 0 aliphatic heterocycles. The molecule has 1 fully saturated rings. The van der Waals surface area contributed by atoms with E-state index >= 15 is 0 Å². The molecule has 2 heterocycles. The first-order valence-corrected chi connectivity index (χ1v) is 13.8. The van der Waals surface area contributed by atoms with Gasteiger partial charge in [-0.05, 0) is 74.8 Å². The number of nitrogen functional groups attached to an aromatic ring is 1. The van der Waals surface area contributed by atoms with Crippen LogP contribution in [0.1, 0.15) is 43.2 Å². The van der Waals surface area contributed by atoms with Crippen molar-refractivity contribution in [3.63, 3.8) is 0 Å². The fraction of sp³-hybridized carbons (Fsp3) is 0.345. The van der Waals surface area contributed by atoms with Gasteiger partial charge in [-0.3, -0.25) is 4.98 Å². The molecule has 2 aromatic heterocycles. The van der Waals surface area contributed by atoms with E-state index in [-0.39, 0.29) is 22.1 Å². The van der Waals surface area contributed by atoms with Crippen molar-refractivity contribution in [3.8, 4) is 0 Å². The van der Waals surface area contributed by atoms with Crippen LogP contribution in [0.15, 0.2) is 78.0 Å². The fourth-order valence-electron chi connectivity index (χ4n) is 4.11. The maximum Gasteiger partial charge on any atom is 0.417 e. The minimum absolute atomic E-state index is 0.0490. The van der Waals surface area contributed by atoms with Gasteiger partial charge in [-0.25, -0.2) is 18.7 Å². The number of benzene rings is 1. The Kier molecular flexibility index (Phi) is 11.7. The fourth-order valence-corrected chi connectivity index (χ4v) is 4.78. The van der Waals surface area contributed by atoms with Crippen molar-refractivity contribution in [2.24, 2.45) is 0 Å². The number of pyridine rings is 1. The predicted octanol–water partition coefficient (Wildman–Crippen LogP) is 7.52. The Balaban J connectivity index is 0.000000436. The number of halogens is 5. The Morgan fingerprint density at radius 1 is 1.12 bits per heavy atom. The molecule has 220 valence electrons. The number of hydrogen-bond donors (Lipinski definition) is 2. The third-order valence-corrected chi connectivity index (χ3v) is 7.28. The average Bonchev–Trinajstić information content (AvgIpc) is 2.97. The van der Waals surface area contributed by atoms with E-state index in [1.165, 1.54) is 44.5 Å². The molecule has 0 atom stereocenters. The van der Waals surface area contributed by atoms with Crippen LogP contribution in [0, 0.1) is 0 Å². The zero-order valence-corrected chi connectivity index (χ0v) is 23.7. The lowest BCUT2D eigenvalue weighted by Gasteiger charge is -2.27. The number of aromatic nitrogens is 3. The van der Waals surface area contributed by atoms with E-state index in [1.54, 1.807) is 18.2 Å². The van der Waals surface area contributed by atoms with E-state index in [4.69, 9.17) is 5.73 Å². The zero-order chi connectivity index (χ0) is 30.0. The number of hydrogen-bond acceptors (Lipinski definition) is 7. The van der Waals surface area contributed by atoms with Gasteiger partial charge in [0.15, 0.2) is 0 Å². The molecule has 1 aliphatic rings. The summed E-state index contributed by atoms with van der Waals surface area (Å²) >= 11 is 0.723. The average molecular weight is 593 g/mol. The molecule has 0 bridgehead atoms. The summed E-state index contributed by atoms with van der Waals surface area (Å²) in [4.78, 5) is 13.9. The molecule has 0 spiro atoms. The Bertz CT molecular complexity index is 1380. The molecule has 0 saturated heterocycles. The van der Waals surface area contributed by atoms with Crippen molar-refractivity contribution >= 4 is 34.4 Å². The lowest BCUT2D eigenvalue weighted by Crippen LogP contribution is -2.29. The van der Waals surface area contributed by atoms with Crippen LogP contribution in [0.2, 0.25) is 0 Å². The van der Waals surface area contributed by atoms with Crippen molar-refractivity contribution < 1.29 is 22.0 Å². The van der Waals surface area contributed by atoms with Crippen LogP contribution < -0.4 is 10.5 Å². The molecular formula is C29H33F5N6S. The molecule has 3 aromatic rings. The SMILES string of the molecule is C=C(/C(F)=C\C=C(/CF)NSc1cncc(C(F)(F)F)c1)c1ccc2nc(N)ncc2c1.CN(C)C1CCCCC1. The van der Waals surface area contributed by atoms with Gasteiger partial charge in [-0.1, -0.05) is 31.9 Å². The minimum atomic E-state index is -4.55. The molecule has 0 unspecified atom stereocenters. The predicted molar refractivity (Wildman–Crippen MR) is 155 cm³/mol. The molecule has 4 rings (SSSR count). The molecule has 1 saturated carbocycles. The second kappa shape index (κ2) is 14.9. The number of anilines is 1. The number of fused-ring (bicyclic) bond motifs is 1. The second-order valence-corrected chi connectivity index (χ2v) is 10.6. The monoisotopic (exact) mass is 592 g/mol. The van der Waals surface area contributed by atoms with Crippen LogP contribution in [0.3, 0.4) is 0 Å². The van der Waals surface area contributed by atoms with Crippen molar-refractivity contribution in [2.45, 2.75) is 49.2 Å². The van der Waals surface area contributed by atoms with Gasteiger partial charge < -0.3 is 15.4 Å². The first-order valence-electron chi connectivity index (χ1n) is 12.9. The van der Waals surface area contributed by atoms with Crippen molar-refractivity contribution in [1.82, 2.24) is 24.6 Å². The minimum Gasteiger partial charge on any atom is -0.368 e. The highest BCUT2D eigenvalue weighted by atomic mass is 32.2. The lowest BCUT2D eigenvalue weighted by atomic mass is 9.95. The number of alkyl halides is 4. The molecule has 6 nitrogen and oxygen atoms in total. The third-order valence-electron chi connectivity index (χ3n) is 6.46. The number of nitrogens with two attached hydrogens (primary N) is 1. The van der Waals surface area contributed by atoms with Gasteiger partial charge in [0.25, 0.3) is 0 Å². The van der Waals surface area contributed by atoms with E-state index in [0.717, 1.165) is 36.2 Å². The second-order valence-electron chi connectivity index (χ2n) is 9.69. The van der Waals surface area contributed by atoms with E-state index in [1.807, 2.05) is 0 Å². The molecule has 41 heavy (non-hydrogen) atoms. The maximum atomic E-state index is 14.6. The van der Waals surface area contributed by atoms with Crippen LogP contribution in [0.5, 0.6) is 0 Å². The number of nitrogens with zero attached hydrogens (tertiary/aromatic N) is 4. The molecule has 1 aromatic carbocycles. The molecule has 12 heteroatoms. The number of nitrogens with one attached hydrogen (secondary N) is 1. The molecule has 0 radical (unpaired) electrons. The van der Waals surface area contributed by atoms with Crippen LogP contribution in [-0.4, -0.2) is 46.7 Å². The summed E-state index contributed by atoms with van der Waals surface area (Å²) in [6.07, 6.45) is 8.19. The van der Waals surface area contributed by atoms with Gasteiger partial charge in [-0.2, -0.15) is 13.2 Å². The van der Waals surface area contributed by atoms with Gasteiger partial charge in [0, 0.05) is 40.5 Å². The number of allylic oxidation sites excluding steroid dienone is 5. The van der Waals surface area contributed by atoms with Crippen molar-refractivity contribution in [3.05, 3.63) is 84.2 Å². The highest BCUT2D eigenvalue weighted by Gasteiger charge is 2.31. The van der Waals surface area contributed by atoms with Gasteiger partial charge in [-0.15, -0.1) is 0 Å². The highest BCUT2D eigenvalue weighted by Crippen LogP contribution is 2.31. The van der Waals surface area contributed by atoms with Crippen LogP contribution >= 0.6 is 11.9 Å². The normalized spacial score (nSPS) is 15.0. The summed E-state index contributed by atoms with van der Waals surface area (Å²) in [5, 5.41) is 0.637. The van der Waals surface area contributed by atoms with Gasteiger partial charge in [0.1, 0.15) is 12.5 Å². The smallest absolute Gasteiger partial charge is 0.368 e. The third kappa shape index (κ3) is 9.82.